The lowest BCUT2D eigenvalue weighted by Crippen LogP contribution is -2.29. The molecule has 0 heterocycles. The van der Waals surface area contributed by atoms with Gasteiger partial charge in [0.15, 0.2) is 0 Å². The molecule has 0 radical (unpaired) electrons. The number of rotatable bonds is 6. The quantitative estimate of drug-likeness (QED) is 0.521. The first-order valence-electron chi connectivity index (χ1n) is 3.42. The molecule has 1 atom stereocenters. The maximum Gasteiger partial charge on any atom is 0.114 e. The van der Waals surface area contributed by atoms with Gasteiger partial charge in [0.1, 0.15) is 12.7 Å². The van der Waals surface area contributed by atoms with Crippen LogP contribution in [0.25, 0.3) is 0 Å². The van der Waals surface area contributed by atoms with Gasteiger partial charge in [0.2, 0.25) is 0 Å². The summed E-state index contributed by atoms with van der Waals surface area (Å²) in [6.45, 7) is 7.10. The minimum absolute atomic E-state index is 0.316. The fourth-order valence-corrected chi connectivity index (χ4v) is 0.549. The normalized spacial score (nSPS) is 12.6. The monoisotopic (exact) mass is 145 g/mol. The van der Waals surface area contributed by atoms with E-state index >= 15 is 0 Å². The summed E-state index contributed by atoms with van der Waals surface area (Å²) in [7, 11) is 0. The third kappa shape index (κ3) is 5.59. The first kappa shape index (κ1) is 9.46. The highest BCUT2D eigenvalue weighted by Crippen LogP contribution is 1.82. The molecule has 60 valence electrons. The van der Waals surface area contributed by atoms with E-state index in [9.17, 15) is 0 Å². The molecule has 2 N–H and O–H groups in total. The average Bonchev–Trinajstić information content (AvgIpc) is 1.97. The number of likely N-dealkylation sites (N-methyl/N-ethyl adjacent to an activating group) is 1. The van der Waals surface area contributed by atoms with Crippen LogP contribution in [-0.4, -0.2) is 30.9 Å². The van der Waals surface area contributed by atoms with E-state index in [-0.39, 0.29) is 0 Å². The Morgan fingerprint density at radius 2 is 2.50 bits per heavy atom. The lowest BCUT2D eigenvalue weighted by atomic mass is 10.4. The molecule has 0 aromatic heterocycles. The molecule has 0 spiro atoms. The van der Waals surface area contributed by atoms with Crippen molar-refractivity contribution >= 4 is 0 Å². The Balaban J connectivity index is 3.07. The minimum atomic E-state index is -0.432. The van der Waals surface area contributed by atoms with E-state index in [1.54, 1.807) is 0 Å². The van der Waals surface area contributed by atoms with Crippen LogP contribution in [0.15, 0.2) is 12.8 Å². The van der Waals surface area contributed by atoms with E-state index in [4.69, 9.17) is 9.84 Å². The number of hydrogen-bond donors (Lipinski definition) is 2. The van der Waals surface area contributed by atoms with Crippen molar-refractivity contribution in [2.75, 3.05) is 19.7 Å². The van der Waals surface area contributed by atoms with Gasteiger partial charge >= 0.3 is 0 Å². The molecule has 0 bridgehead atoms. The van der Waals surface area contributed by atoms with Crippen LogP contribution >= 0.6 is 0 Å². The third-order valence-corrected chi connectivity index (χ3v) is 1.04. The second-order valence-corrected chi connectivity index (χ2v) is 1.96. The van der Waals surface area contributed by atoms with Crippen molar-refractivity contribution in [1.82, 2.24) is 5.32 Å². The topological polar surface area (TPSA) is 41.5 Å². The van der Waals surface area contributed by atoms with E-state index in [0.29, 0.717) is 13.2 Å². The lowest BCUT2D eigenvalue weighted by molar-refractivity contribution is 0.0845. The van der Waals surface area contributed by atoms with Crippen LogP contribution in [0.3, 0.4) is 0 Å². The van der Waals surface area contributed by atoms with Crippen LogP contribution in [0.4, 0.5) is 0 Å². The number of nitrogens with one attached hydrogen (secondary N) is 1. The number of aliphatic hydroxyl groups is 1. The zero-order chi connectivity index (χ0) is 7.82. The molecule has 0 aliphatic carbocycles. The molecule has 0 aromatic carbocycles. The van der Waals surface area contributed by atoms with Gasteiger partial charge in [0, 0.05) is 6.54 Å². The van der Waals surface area contributed by atoms with E-state index in [0.717, 1.165) is 6.54 Å². The van der Waals surface area contributed by atoms with Crippen molar-refractivity contribution in [2.45, 2.75) is 13.0 Å². The van der Waals surface area contributed by atoms with Crippen LogP contribution in [0.5, 0.6) is 0 Å². The Bertz CT molecular complexity index is 85.7. The van der Waals surface area contributed by atoms with Gasteiger partial charge in [-0.2, -0.15) is 0 Å². The zero-order valence-electron chi connectivity index (χ0n) is 6.34. The van der Waals surface area contributed by atoms with Crippen molar-refractivity contribution in [3.63, 3.8) is 0 Å². The lowest BCUT2D eigenvalue weighted by Gasteiger charge is -2.09. The second-order valence-electron chi connectivity index (χ2n) is 1.96. The van der Waals surface area contributed by atoms with Gasteiger partial charge in [-0.1, -0.05) is 13.5 Å². The summed E-state index contributed by atoms with van der Waals surface area (Å²) < 4.78 is 4.77. The first-order valence-corrected chi connectivity index (χ1v) is 3.42. The third-order valence-electron chi connectivity index (χ3n) is 1.04. The molecule has 0 aromatic rings. The Kier molecular flexibility index (Phi) is 6.22. The Hall–Kier alpha value is -0.540. The summed E-state index contributed by atoms with van der Waals surface area (Å²) in [5.74, 6) is 0. The maximum atomic E-state index is 9.08. The van der Waals surface area contributed by atoms with Gasteiger partial charge in [0.25, 0.3) is 0 Å². The Morgan fingerprint density at radius 3 is 3.00 bits per heavy atom. The highest BCUT2D eigenvalue weighted by Gasteiger charge is 2.00. The highest BCUT2D eigenvalue weighted by atomic mass is 16.5. The van der Waals surface area contributed by atoms with Crippen LogP contribution < -0.4 is 5.32 Å². The van der Waals surface area contributed by atoms with Crippen molar-refractivity contribution in [3.8, 4) is 0 Å². The fraction of sp³-hybridized carbons (Fsp3) is 0.714. The summed E-state index contributed by atoms with van der Waals surface area (Å²) in [6.07, 6.45) is 0.896. The summed E-state index contributed by atoms with van der Waals surface area (Å²) in [5.41, 5.74) is 0. The predicted octanol–water partition coefficient (Wildman–Crippen LogP) is 0.117. The summed E-state index contributed by atoms with van der Waals surface area (Å²) >= 11 is 0. The summed E-state index contributed by atoms with van der Waals surface area (Å²) in [5, 5.41) is 12.1. The van der Waals surface area contributed by atoms with Crippen molar-refractivity contribution < 1.29 is 9.84 Å². The second kappa shape index (κ2) is 6.58. The van der Waals surface area contributed by atoms with Crippen LogP contribution in [0.2, 0.25) is 0 Å². The van der Waals surface area contributed by atoms with Gasteiger partial charge in [0.05, 0.1) is 6.26 Å². The molecule has 0 amide bonds. The van der Waals surface area contributed by atoms with E-state index in [1.165, 1.54) is 6.26 Å². The summed E-state index contributed by atoms with van der Waals surface area (Å²) in [4.78, 5) is 0. The maximum absolute atomic E-state index is 9.08. The number of hydrogen-bond acceptors (Lipinski definition) is 3. The molecule has 0 saturated heterocycles. The van der Waals surface area contributed by atoms with E-state index < -0.39 is 6.10 Å². The molecular weight excluding hydrogens is 130 g/mol. The number of ether oxygens (including phenoxy) is 1. The molecule has 3 nitrogen and oxygen atoms in total. The van der Waals surface area contributed by atoms with Gasteiger partial charge < -0.3 is 15.2 Å². The van der Waals surface area contributed by atoms with Gasteiger partial charge in [-0.3, -0.25) is 0 Å². The molecule has 0 rings (SSSR count). The van der Waals surface area contributed by atoms with Crippen molar-refractivity contribution in [1.29, 1.82) is 0 Å². The standard InChI is InChI=1S/C7H15NO2/c1-3-8-5-7(9)6-10-4-2/h4,7-9H,2-3,5-6H2,1H3. The Labute approximate surface area is 61.7 Å². The van der Waals surface area contributed by atoms with E-state index in [2.05, 4.69) is 11.9 Å². The van der Waals surface area contributed by atoms with Gasteiger partial charge in [-0.05, 0) is 6.54 Å². The molecule has 0 aliphatic rings. The van der Waals surface area contributed by atoms with Crippen LogP contribution in [0, 0.1) is 0 Å². The SMILES string of the molecule is C=COCC(O)CNCC. The predicted molar refractivity (Wildman–Crippen MR) is 40.7 cm³/mol. The van der Waals surface area contributed by atoms with Crippen LogP contribution in [-0.2, 0) is 4.74 Å². The molecule has 10 heavy (non-hydrogen) atoms. The number of aliphatic hydroxyl groups excluding tert-OH is 1. The molecular formula is C7H15NO2. The molecule has 0 fully saturated rings. The van der Waals surface area contributed by atoms with Gasteiger partial charge in [-0.15, -0.1) is 0 Å². The van der Waals surface area contributed by atoms with Crippen LogP contribution in [0.1, 0.15) is 6.92 Å². The first-order chi connectivity index (χ1) is 4.81. The Morgan fingerprint density at radius 1 is 1.80 bits per heavy atom. The average molecular weight is 145 g/mol. The smallest absolute Gasteiger partial charge is 0.114 e. The fourth-order valence-electron chi connectivity index (χ4n) is 0.549. The largest absolute Gasteiger partial charge is 0.499 e. The zero-order valence-corrected chi connectivity index (χ0v) is 6.34. The molecule has 0 aliphatic heterocycles. The summed E-state index contributed by atoms with van der Waals surface area (Å²) in [6, 6.07) is 0. The van der Waals surface area contributed by atoms with Crippen molar-refractivity contribution in [3.05, 3.63) is 12.8 Å². The molecule has 1 unspecified atom stereocenters. The highest BCUT2D eigenvalue weighted by molar-refractivity contribution is 4.59. The molecule has 0 saturated carbocycles. The van der Waals surface area contributed by atoms with Crippen molar-refractivity contribution in [2.24, 2.45) is 0 Å². The van der Waals surface area contributed by atoms with Gasteiger partial charge in [-0.25, -0.2) is 0 Å². The molecule has 3 heteroatoms. The minimum Gasteiger partial charge on any atom is -0.499 e. The van der Waals surface area contributed by atoms with E-state index in [1.807, 2.05) is 6.92 Å².